The molecule has 0 saturated carbocycles. The Hall–Kier alpha value is -2.78. The van der Waals surface area contributed by atoms with E-state index in [-0.39, 0.29) is 11.9 Å². The number of unbranched alkanes of at least 4 members (excludes halogenated alkanes) is 3. The minimum atomic E-state index is -0.223. The molecule has 0 fully saturated rings. The molecule has 0 aliphatic heterocycles. The first-order valence-corrected chi connectivity index (χ1v) is 12.2. The van der Waals surface area contributed by atoms with Gasteiger partial charge in [0.2, 0.25) is 0 Å². The van der Waals surface area contributed by atoms with E-state index in [0.29, 0.717) is 5.56 Å². The number of pyridine rings is 1. The number of benzene rings is 2. The van der Waals surface area contributed by atoms with Crippen LogP contribution in [-0.4, -0.2) is 17.7 Å². The van der Waals surface area contributed by atoms with E-state index in [1.54, 1.807) is 6.07 Å². The minimum absolute atomic E-state index is 0.223. The lowest BCUT2D eigenvalue weighted by Gasteiger charge is -2.12. The number of aromatic nitrogens is 1. The van der Waals surface area contributed by atoms with Gasteiger partial charge in [-0.15, -0.1) is 6.58 Å². The summed E-state index contributed by atoms with van der Waals surface area (Å²) in [6, 6.07) is 13.7. The fourth-order valence-corrected chi connectivity index (χ4v) is 3.92. The Kier molecular flexibility index (Phi) is 9.83. The van der Waals surface area contributed by atoms with E-state index >= 15 is 0 Å². The van der Waals surface area contributed by atoms with Gasteiger partial charge in [-0.2, -0.15) is 0 Å². The van der Waals surface area contributed by atoms with Gasteiger partial charge in [0.05, 0.1) is 11.8 Å². The maximum atomic E-state index is 14.7. The highest BCUT2D eigenvalue weighted by molar-refractivity contribution is 5.86. The van der Waals surface area contributed by atoms with E-state index in [2.05, 4.69) is 49.7 Å². The first-order chi connectivity index (χ1) is 16.1. The number of nitrogens with zero attached hydrogens (tertiary/aromatic N) is 1. The Morgan fingerprint density at radius 2 is 1.94 bits per heavy atom. The summed E-state index contributed by atoms with van der Waals surface area (Å²) in [5, 5.41) is 2.18. The monoisotopic (exact) mass is 445 g/mol. The number of halogens is 1. The van der Waals surface area contributed by atoms with Crippen LogP contribution in [0.4, 0.5) is 4.39 Å². The number of ether oxygens (including phenoxy) is 1. The van der Waals surface area contributed by atoms with Gasteiger partial charge in [0.1, 0.15) is 5.82 Å². The predicted molar refractivity (Wildman–Crippen MR) is 139 cm³/mol. The van der Waals surface area contributed by atoms with E-state index in [1.807, 2.05) is 36.5 Å². The molecule has 1 unspecified atom stereocenters. The van der Waals surface area contributed by atoms with E-state index in [1.165, 1.54) is 18.4 Å². The van der Waals surface area contributed by atoms with Crippen molar-refractivity contribution in [3.63, 3.8) is 0 Å². The van der Waals surface area contributed by atoms with Gasteiger partial charge in [-0.1, -0.05) is 62.3 Å². The molecule has 0 bridgehead atoms. The fraction of sp³-hybridized carbons (Fsp3) is 0.367. The van der Waals surface area contributed by atoms with Gasteiger partial charge in [-0.3, -0.25) is 4.98 Å². The fourth-order valence-electron chi connectivity index (χ4n) is 3.92. The lowest BCUT2D eigenvalue weighted by atomic mass is 10.0. The van der Waals surface area contributed by atoms with Crippen LogP contribution in [0.15, 0.2) is 67.4 Å². The van der Waals surface area contributed by atoms with Gasteiger partial charge in [-0.25, -0.2) is 4.39 Å². The van der Waals surface area contributed by atoms with Crippen LogP contribution in [0.3, 0.4) is 0 Å². The molecule has 0 saturated heterocycles. The zero-order chi connectivity index (χ0) is 23.5. The van der Waals surface area contributed by atoms with Crippen LogP contribution in [0.1, 0.15) is 63.5 Å². The summed E-state index contributed by atoms with van der Waals surface area (Å²) in [7, 11) is 0. The highest BCUT2D eigenvalue weighted by atomic mass is 19.1. The third kappa shape index (κ3) is 7.64. The Bertz CT molecular complexity index is 1070. The highest BCUT2D eigenvalue weighted by Gasteiger charge is 2.06. The Balaban J connectivity index is 1.55. The molecular formula is C30H36FNO. The second-order valence-corrected chi connectivity index (χ2v) is 8.70. The number of rotatable bonds is 13. The van der Waals surface area contributed by atoms with Crippen LogP contribution in [0, 0.1) is 5.82 Å². The summed E-state index contributed by atoms with van der Waals surface area (Å²) in [4.78, 5) is 4.56. The normalized spacial score (nSPS) is 12.5. The second-order valence-electron chi connectivity index (χ2n) is 8.70. The van der Waals surface area contributed by atoms with Crippen LogP contribution < -0.4 is 0 Å². The van der Waals surface area contributed by atoms with Gasteiger partial charge >= 0.3 is 0 Å². The average molecular weight is 446 g/mol. The molecular weight excluding hydrogens is 409 g/mol. The van der Waals surface area contributed by atoms with Crippen molar-refractivity contribution in [2.45, 2.75) is 64.9 Å². The van der Waals surface area contributed by atoms with Crippen LogP contribution in [0.25, 0.3) is 28.1 Å². The molecule has 1 heterocycles. The molecule has 2 nitrogen and oxygen atoms in total. The van der Waals surface area contributed by atoms with Gasteiger partial charge in [0.25, 0.3) is 0 Å². The summed E-state index contributed by atoms with van der Waals surface area (Å²) >= 11 is 0. The van der Waals surface area contributed by atoms with Crippen molar-refractivity contribution in [2.24, 2.45) is 0 Å². The Morgan fingerprint density at radius 3 is 2.73 bits per heavy atom. The smallest absolute Gasteiger partial charge is 0.131 e. The maximum Gasteiger partial charge on any atom is 0.131 e. The van der Waals surface area contributed by atoms with E-state index in [0.717, 1.165) is 60.7 Å². The summed E-state index contributed by atoms with van der Waals surface area (Å²) in [5.74, 6) is -0.223. The third-order valence-corrected chi connectivity index (χ3v) is 5.89. The highest BCUT2D eigenvalue weighted by Crippen LogP contribution is 2.25. The molecule has 3 rings (SSSR count). The lowest BCUT2D eigenvalue weighted by Crippen LogP contribution is -2.08. The van der Waals surface area contributed by atoms with Gasteiger partial charge < -0.3 is 4.74 Å². The van der Waals surface area contributed by atoms with E-state index in [4.69, 9.17) is 4.74 Å². The Morgan fingerprint density at radius 1 is 1.06 bits per heavy atom. The molecule has 2 aromatic carbocycles. The zero-order valence-electron chi connectivity index (χ0n) is 20.0. The van der Waals surface area contributed by atoms with Crippen molar-refractivity contribution < 1.29 is 9.13 Å². The number of fused-ring (bicyclic) bond motifs is 1. The summed E-state index contributed by atoms with van der Waals surface area (Å²) < 4.78 is 20.6. The second kappa shape index (κ2) is 13.1. The standard InChI is InChI=1S/C30H36FNO/c1-4-6-10-18-33-23(3)12-8-7-9-13-25-16-17-27(20-29(25)31)30-21-26-15-14-24(11-5-2)19-28(26)22-32-30/h5,9,13-17,19-23H,2,4,6-8,10-12,18H2,1,3H3/b13-9+. The molecule has 0 spiro atoms. The van der Waals surface area contributed by atoms with Crippen molar-refractivity contribution in [1.29, 1.82) is 0 Å². The number of hydrogen-bond donors (Lipinski definition) is 0. The summed E-state index contributed by atoms with van der Waals surface area (Å²) in [6.07, 6.45) is 15.4. The topological polar surface area (TPSA) is 22.1 Å². The van der Waals surface area contributed by atoms with Crippen molar-refractivity contribution in [1.82, 2.24) is 4.98 Å². The van der Waals surface area contributed by atoms with Crippen LogP contribution >= 0.6 is 0 Å². The predicted octanol–water partition coefficient (Wildman–Crippen LogP) is 8.55. The third-order valence-electron chi connectivity index (χ3n) is 5.89. The van der Waals surface area contributed by atoms with Gasteiger partial charge in [-0.05, 0) is 68.2 Å². The molecule has 0 amide bonds. The first-order valence-electron chi connectivity index (χ1n) is 12.2. The minimum Gasteiger partial charge on any atom is -0.379 e. The lowest BCUT2D eigenvalue weighted by molar-refractivity contribution is 0.0566. The molecule has 33 heavy (non-hydrogen) atoms. The zero-order valence-corrected chi connectivity index (χ0v) is 20.0. The maximum absolute atomic E-state index is 14.7. The SMILES string of the molecule is C=CCc1ccc2cc(-c3ccc(/C=C/CCCC(C)OCCCCC)c(F)c3)ncc2c1. The van der Waals surface area contributed by atoms with Crippen LogP contribution in [-0.2, 0) is 11.2 Å². The van der Waals surface area contributed by atoms with Crippen molar-refractivity contribution in [3.05, 3.63) is 84.3 Å². The Labute approximate surface area is 198 Å². The molecule has 0 aliphatic carbocycles. The van der Waals surface area contributed by atoms with Crippen molar-refractivity contribution >= 4 is 16.8 Å². The van der Waals surface area contributed by atoms with Gasteiger partial charge in [0, 0.05) is 29.3 Å². The molecule has 3 aromatic rings. The summed E-state index contributed by atoms with van der Waals surface area (Å²) in [5.41, 5.74) is 3.39. The van der Waals surface area contributed by atoms with E-state index < -0.39 is 0 Å². The van der Waals surface area contributed by atoms with E-state index in [9.17, 15) is 4.39 Å². The molecule has 1 aromatic heterocycles. The molecule has 1 atom stereocenters. The largest absolute Gasteiger partial charge is 0.379 e. The number of allylic oxidation sites excluding steroid dienone is 2. The molecule has 3 heteroatoms. The van der Waals surface area contributed by atoms with Crippen LogP contribution in [0.2, 0.25) is 0 Å². The molecule has 0 radical (unpaired) electrons. The quantitative estimate of drug-likeness (QED) is 0.194. The van der Waals surface area contributed by atoms with Crippen molar-refractivity contribution in [2.75, 3.05) is 6.61 Å². The first kappa shape index (κ1) is 24.9. The summed E-state index contributed by atoms with van der Waals surface area (Å²) in [6.45, 7) is 8.98. The number of hydrogen-bond acceptors (Lipinski definition) is 2. The molecule has 174 valence electrons. The van der Waals surface area contributed by atoms with Crippen LogP contribution in [0.5, 0.6) is 0 Å². The molecule has 0 aliphatic rings. The molecule has 0 N–H and O–H groups in total. The van der Waals surface area contributed by atoms with Crippen molar-refractivity contribution in [3.8, 4) is 11.3 Å². The average Bonchev–Trinajstić information content (AvgIpc) is 2.82. The van der Waals surface area contributed by atoms with Gasteiger partial charge in [0.15, 0.2) is 0 Å².